The Bertz CT molecular complexity index is 217. The highest BCUT2D eigenvalue weighted by Gasteiger charge is 2.27. The van der Waals surface area contributed by atoms with Crippen molar-refractivity contribution in [2.45, 2.75) is 58.4 Å². The quantitative estimate of drug-likeness (QED) is 0.707. The molecule has 2 fully saturated rings. The van der Waals surface area contributed by atoms with Crippen LogP contribution in [0.3, 0.4) is 0 Å². The van der Waals surface area contributed by atoms with Crippen molar-refractivity contribution in [2.24, 2.45) is 11.8 Å². The average molecular weight is 238 g/mol. The molecule has 2 rings (SSSR count). The maximum atomic E-state index is 3.56. The van der Waals surface area contributed by atoms with Gasteiger partial charge in [0.15, 0.2) is 0 Å². The van der Waals surface area contributed by atoms with Crippen LogP contribution in [0.15, 0.2) is 0 Å². The monoisotopic (exact) mass is 238 g/mol. The van der Waals surface area contributed by atoms with Crippen LogP contribution in [-0.4, -0.2) is 37.1 Å². The lowest BCUT2D eigenvalue weighted by atomic mass is 9.94. The van der Waals surface area contributed by atoms with E-state index in [-0.39, 0.29) is 0 Å². The number of rotatable bonds is 1. The van der Waals surface area contributed by atoms with Gasteiger partial charge in [0.1, 0.15) is 0 Å². The highest BCUT2D eigenvalue weighted by Crippen LogP contribution is 2.28. The van der Waals surface area contributed by atoms with Crippen LogP contribution >= 0.6 is 0 Å². The molecule has 3 unspecified atom stereocenters. The maximum Gasteiger partial charge on any atom is 0.0121 e. The summed E-state index contributed by atoms with van der Waals surface area (Å²) < 4.78 is 0. The van der Waals surface area contributed by atoms with Crippen LogP contribution in [0, 0.1) is 11.8 Å². The first-order chi connectivity index (χ1) is 8.27. The predicted molar refractivity (Wildman–Crippen MR) is 74.3 cm³/mol. The van der Waals surface area contributed by atoms with E-state index in [1.807, 2.05) is 0 Å². The zero-order chi connectivity index (χ0) is 12.1. The normalized spacial score (nSPS) is 38.1. The summed E-state index contributed by atoms with van der Waals surface area (Å²) in [7, 11) is 0. The Hall–Kier alpha value is -0.0800. The summed E-state index contributed by atoms with van der Waals surface area (Å²) in [6.07, 6.45) is 8.61. The SMILES string of the molecule is CC1CNCCCN(C2CCCCCC2C)C1. The molecule has 0 aromatic carbocycles. The van der Waals surface area contributed by atoms with Crippen molar-refractivity contribution < 1.29 is 0 Å². The minimum atomic E-state index is 0.811. The van der Waals surface area contributed by atoms with Gasteiger partial charge in [-0.2, -0.15) is 0 Å². The summed E-state index contributed by atoms with van der Waals surface area (Å²) >= 11 is 0. The Morgan fingerprint density at radius 1 is 1.00 bits per heavy atom. The Morgan fingerprint density at radius 2 is 1.82 bits per heavy atom. The van der Waals surface area contributed by atoms with Crippen molar-refractivity contribution in [1.82, 2.24) is 10.2 Å². The van der Waals surface area contributed by atoms with Crippen LogP contribution < -0.4 is 5.32 Å². The van der Waals surface area contributed by atoms with Gasteiger partial charge in [-0.05, 0) is 50.7 Å². The molecule has 1 aliphatic heterocycles. The molecule has 0 spiro atoms. The van der Waals surface area contributed by atoms with Gasteiger partial charge in [-0.15, -0.1) is 0 Å². The van der Waals surface area contributed by atoms with Gasteiger partial charge in [0, 0.05) is 12.6 Å². The van der Waals surface area contributed by atoms with Crippen LogP contribution in [-0.2, 0) is 0 Å². The van der Waals surface area contributed by atoms with E-state index in [1.165, 1.54) is 64.7 Å². The van der Waals surface area contributed by atoms with Gasteiger partial charge in [-0.25, -0.2) is 0 Å². The smallest absolute Gasteiger partial charge is 0.0121 e. The predicted octanol–water partition coefficient (Wildman–Crippen LogP) is 2.89. The third-order valence-electron chi connectivity index (χ3n) is 4.62. The molecule has 2 heteroatoms. The van der Waals surface area contributed by atoms with Gasteiger partial charge in [0.25, 0.3) is 0 Å². The highest BCUT2D eigenvalue weighted by atomic mass is 15.2. The standard InChI is InChI=1S/C15H30N2/c1-13-11-16-9-6-10-17(12-13)15-8-5-3-4-7-14(15)2/h13-16H,3-12H2,1-2H3. The fourth-order valence-corrected chi connectivity index (χ4v) is 3.63. The number of hydrogen-bond acceptors (Lipinski definition) is 2. The van der Waals surface area contributed by atoms with Gasteiger partial charge >= 0.3 is 0 Å². The van der Waals surface area contributed by atoms with Crippen molar-refractivity contribution in [2.75, 3.05) is 26.2 Å². The topological polar surface area (TPSA) is 15.3 Å². The first-order valence-electron chi connectivity index (χ1n) is 7.72. The summed E-state index contributed by atoms with van der Waals surface area (Å²) in [5.41, 5.74) is 0. The summed E-state index contributed by atoms with van der Waals surface area (Å²) in [5.74, 6) is 1.72. The molecule has 0 amide bonds. The summed E-state index contributed by atoms with van der Waals surface area (Å²) in [6.45, 7) is 9.91. The minimum absolute atomic E-state index is 0.811. The van der Waals surface area contributed by atoms with E-state index in [4.69, 9.17) is 0 Å². The van der Waals surface area contributed by atoms with Crippen LogP contribution in [0.1, 0.15) is 52.4 Å². The van der Waals surface area contributed by atoms with Gasteiger partial charge in [-0.1, -0.05) is 33.1 Å². The van der Waals surface area contributed by atoms with Gasteiger partial charge in [0.2, 0.25) is 0 Å². The molecule has 2 nitrogen and oxygen atoms in total. The van der Waals surface area contributed by atoms with Crippen LogP contribution in [0.5, 0.6) is 0 Å². The lowest BCUT2D eigenvalue weighted by Gasteiger charge is -2.38. The molecule has 1 aliphatic carbocycles. The number of nitrogens with one attached hydrogen (secondary N) is 1. The fraction of sp³-hybridized carbons (Fsp3) is 1.00. The van der Waals surface area contributed by atoms with E-state index in [1.54, 1.807) is 0 Å². The van der Waals surface area contributed by atoms with E-state index in [9.17, 15) is 0 Å². The molecule has 1 saturated heterocycles. The first kappa shape index (κ1) is 13.4. The Balaban J connectivity index is 1.96. The first-order valence-corrected chi connectivity index (χ1v) is 7.72. The van der Waals surface area contributed by atoms with E-state index < -0.39 is 0 Å². The zero-order valence-electron chi connectivity index (χ0n) is 11.8. The summed E-state index contributed by atoms with van der Waals surface area (Å²) in [4.78, 5) is 2.82. The molecule has 0 aromatic heterocycles. The second kappa shape index (κ2) is 6.75. The molecule has 1 N–H and O–H groups in total. The Kier molecular flexibility index (Phi) is 5.30. The van der Waals surface area contributed by atoms with Crippen molar-refractivity contribution >= 4 is 0 Å². The molecule has 1 saturated carbocycles. The second-order valence-corrected chi connectivity index (χ2v) is 6.34. The van der Waals surface area contributed by atoms with Gasteiger partial charge in [0.05, 0.1) is 0 Å². The van der Waals surface area contributed by atoms with Crippen molar-refractivity contribution in [1.29, 1.82) is 0 Å². The molecule has 1 heterocycles. The molecular weight excluding hydrogens is 208 g/mol. The average Bonchev–Trinajstić information content (AvgIpc) is 2.48. The van der Waals surface area contributed by atoms with E-state index in [0.29, 0.717) is 0 Å². The fourth-order valence-electron chi connectivity index (χ4n) is 3.63. The molecular formula is C15H30N2. The van der Waals surface area contributed by atoms with Crippen molar-refractivity contribution in [3.63, 3.8) is 0 Å². The van der Waals surface area contributed by atoms with Crippen LogP contribution in [0.2, 0.25) is 0 Å². The van der Waals surface area contributed by atoms with Crippen molar-refractivity contribution in [3.05, 3.63) is 0 Å². The van der Waals surface area contributed by atoms with Gasteiger partial charge in [-0.3, -0.25) is 4.90 Å². The van der Waals surface area contributed by atoms with E-state index in [2.05, 4.69) is 24.1 Å². The number of hydrogen-bond donors (Lipinski definition) is 1. The Labute approximate surface area is 107 Å². The van der Waals surface area contributed by atoms with Crippen LogP contribution in [0.4, 0.5) is 0 Å². The van der Waals surface area contributed by atoms with E-state index in [0.717, 1.165) is 17.9 Å². The zero-order valence-corrected chi connectivity index (χ0v) is 11.8. The van der Waals surface area contributed by atoms with Crippen molar-refractivity contribution in [3.8, 4) is 0 Å². The van der Waals surface area contributed by atoms with E-state index >= 15 is 0 Å². The molecule has 3 atom stereocenters. The third-order valence-corrected chi connectivity index (χ3v) is 4.62. The third kappa shape index (κ3) is 3.96. The maximum absolute atomic E-state index is 3.56. The summed E-state index contributed by atoms with van der Waals surface area (Å²) in [6, 6.07) is 0.873. The molecule has 0 aromatic rings. The molecule has 2 aliphatic rings. The molecule has 0 radical (unpaired) electrons. The molecule has 17 heavy (non-hydrogen) atoms. The molecule has 0 bridgehead atoms. The summed E-state index contributed by atoms with van der Waals surface area (Å²) in [5, 5.41) is 3.56. The van der Waals surface area contributed by atoms with Crippen LogP contribution in [0.25, 0.3) is 0 Å². The molecule has 100 valence electrons. The lowest BCUT2D eigenvalue weighted by molar-refractivity contribution is 0.112. The van der Waals surface area contributed by atoms with Gasteiger partial charge < -0.3 is 5.32 Å². The lowest BCUT2D eigenvalue weighted by Crippen LogP contribution is -2.46. The highest BCUT2D eigenvalue weighted by molar-refractivity contribution is 4.82. The second-order valence-electron chi connectivity index (χ2n) is 6.34. The Morgan fingerprint density at radius 3 is 2.71 bits per heavy atom. The largest absolute Gasteiger partial charge is 0.316 e. The number of nitrogens with zero attached hydrogens (tertiary/aromatic N) is 1. The minimum Gasteiger partial charge on any atom is -0.316 e.